The van der Waals surface area contributed by atoms with Crippen molar-refractivity contribution in [3.05, 3.63) is 23.8 Å². The molecule has 2 nitrogen and oxygen atoms in total. The van der Waals surface area contributed by atoms with Crippen molar-refractivity contribution in [1.29, 1.82) is 0 Å². The van der Waals surface area contributed by atoms with E-state index in [4.69, 9.17) is 0 Å². The van der Waals surface area contributed by atoms with Gasteiger partial charge in [0.2, 0.25) is 0 Å². The molecule has 0 saturated carbocycles. The van der Waals surface area contributed by atoms with Gasteiger partial charge in [0.15, 0.2) is 0 Å². The van der Waals surface area contributed by atoms with Gasteiger partial charge in [0, 0.05) is 17.5 Å². The molecule has 1 fully saturated rings. The fourth-order valence-corrected chi connectivity index (χ4v) is 3.78. The van der Waals surface area contributed by atoms with E-state index in [1.54, 1.807) is 6.07 Å². The molecule has 1 unspecified atom stereocenters. The third kappa shape index (κ3) is 2.89. The number of rotatable bonds is 2. The van der Waals surface area contributed by atoms with E-state index >= 15 is 0 Å². The Morgan fingerprint density at radius 2 is 2.18 bits per heavy atom. The lowest BCUT2D eigenvalue weighted by molar-refractivity contribution is 0.305. The molecule has 0 aromatic heterocycles. The number of phenols is 1. The minimum absolute atomic E-state index is 0.338. The highest BCUT2D eigenvalue weighted by molar-refractivity contribution is 7.99. The van der Waals surface area contributed by atoms with Crippen molar-refractivity contribution in [3.63, 3.8) is 0 Å². The van der Waals surface area contributed by atoms with Crippen LogP contribution in [0.1, 0.15) is 25.8 Å². The summed E-state index contributed by atoms with van der Waals surface area (Å²) in [5, 5.41) is 13.0. The molecule has 1 aliphatic heterocycles. The number of hydrogen-bond donors (Lipinski definition) is 2. The molecule has 3 heteroatoms. The summed E-state index contributed by atoms with van der Waals surface area (Å²) in [6.45, 7) is 6.70. The molecule has 1 heterocycles. The average Bonchev–Trinajstić information content (AvgIpc) is 2.24. The molecular formula is C14H21NOS. The van der Waals surface area contributed by atoms with E-state index in [1.165, 1.54) is 12.2 Å². The highest BCUT2D eigenvalue weighted by atomic mass is 32.2. The SMILES string of the molecule is Cc1cc(O)ccc1NC1CSCCC1(C)C. The molecule has 0 radical (unpaired) electrons. The highest BCUT2D eigenvalue weighted by Crippen LogP contribution is 2.36. The molecule has 17 heavy (non-hydrogen) atoms. The maximum absolute atomic E-state index is 9.41. The van der Waals surface area contributed by atoms with Gasteiger partial charge in [-0.15, -0.1) is 0 Å². The van der Waals surface area contributed by atoms with Crippen LogP contribution in [0.4, 0.5) is 5.69 Å². The van der Waals surface area contributed by atoms with Gasteiger partial charge in [-0.2, -0.15) is 11.8 Å². The third-order valence-electron chi connectivity index (χ3n) is 3.66. The fraction of sp³-hybridized carbons (Fsp3) is 0.571. The predicted molar refractivity (Wildman–Crippen MR) is 76.0 cm³/mol. The van der Waals surface area contributed by atoms with Crippen LogP contribution in [0, 0.1) is 12.3 Å². The largest absolute Gasteiger partial charge is 0.508 e. The van der Waals surface area contributed by atoms with Gasteiger partial charge in [0.1, 0.15) is 5.75 Å². The number of benzene rings is 1. The van der Waals surface area contributed by atoms with Gasteiger partial charge in [-0.1, -0.05) is 13.8 Å². The molecule has 1 aliphatic rings. The molecule has 1 aromatic carbocycles. The standard InChI is InChI=1S/C14H21NOS/c1-10-8-11(16)4-5-12(10)15-13-9-17-7-6-14(13,2)3/h4-5,8,13,15-16H,6-7,9H2,1-3H3. The van der Waals surface area contributed by atoms with Crippen molar-refractivity contribution in [2.75, 3.05) is 16.8 Å². The summed E-state index contributed by atoms with van der Waals surface area (Å²) in [6.07, 6.45) is 1.26. The van der Waals surface area contributed by atoms with Gasteiger partial charge < -0.3 is 10.4 Å². The second-order valence-electron chi connectivity index (χ2n) is 5.51. The predicted octanol–water partition coefficient (Wildman–Crippen LogP) is 3.64. The number of aryl methyl sites for hydroxylation is 1. The van der Waals surface area contributed by atoms with Gasteiger partial charge in [0.25, 0.3) is 0 Å². The van der Waals surface area contributed by atoms with Crippen molar-refractivity contribution in [2.45, 2.75) is 33.2 Å². The van der Waals surface area contributed by atoms with E-state index in [0.717, 1.165) is 17.0 Å². The first-order chi connectivity index (χ1) is 7.99. The minimum atomic E-state index is 0.338. The maximum Gasteiger partial charge on any atom is 0.115 e. The van der Waals surface area contributed by atoms with Gasteiger partial charge in [0.05, 0.1) is 0 Å². The Balaban J connectivity index is 2.14. The second kappa shape index (κ2) is 4.81. The number of anilines is 1. The van der Waals surface area contributed by atoms with Crippen LogP contribution in [0.25, 0.3) is 0 Å². The monoisotopic (exact) mass is 251 g/mol. The normalized spacial score (nSPS) is 23.4. The molecule has 0 amide bonds. The van der Waals surface area contributed by atoms with Crippen molar-refractivity contribution in [3.8, 4) is 5.75 Å². The van der Waals surface area contributed by atoms with E-state index in [-0.39, 0.29) is 0 Å². The van der Waals surface area contributed by atoms with Crippen LogP contribution >= 0.6 is 11.8 Å². The van der Waals surface area contributed by atoms with Gasteiger partial charge >= 0.3 is 0 Å². The molecule has 1 saturated heterocycles. The number of phenolic OH excluding ortho intramolecular Hbond substituents is 1. The summed E-state index contributed by atoms with van der Waals surface area (Å²) in [5.74, 6) is 2.76. The van der Waals surface area contributed by atoms with Crippen molar-refractivity contribution in [1.82, 2.24) is 0 Å². The zero-order valence-corrected chi connectivity index (χ0v) is 11.6. The van der Waals surface area contributed by atoms with E-state index < -0.39 is 0 Å². The van der Waals surface area contributed by atoms with Crippen LogP contribution in [0.5, 0.6) is 5.75 Å². The van der Waals surface area contributed by atoms with Crippen LogP contribution in [-0.2, 0) is 0 Å². The number of hydrogen-bond acceptors (Lipinski definition) is 3. The summed E-state index contributed by atoms with van der Waals surface area (Å²) in [7, 11) is 0. The maximum atomic E-state index is 9.41. The molecule has 1 atom stereocenters. The second-order valence-corrected chi connectivity index (χ2v) is 6.66. The Bertz CT molecular complexity index is 403. The highest BCUT2D eigenvalue weighted by Gasteiger charge is 2.32. The van der Waals surface area contributed by atoms with Gasteiger partial charge in [-0.05, 0) is 48.3 Å². The van der Waals surface area contributed by atoms with E-state index in [9.17, 15) is 5.11 Å². The molecule has 0 aliphatic carbocycles. The average molecular weight is 251 g/mol. The summed E-state index contributed by atoms with van der Waals surface area (Å²) >= 11 is 2.02. The zero-order chi connectivity index (χ0) is 12.5. The lowest BCUT2D eigenvalue weighted by Crippen LogP contribution is -2.41. The first-order valence-electron chi connectivity index (χ1n) is 6.13. The van der Waals surface area contributed by atoms with Gasteiger partial charge in [-0.25, -0.2) is 0 Å². The first-order valence-corrected chi connectivity index (χ1v) is 7.28. The summed E-state index contributed by atoms with van der Waals surface area (Å²) < 4.78 is 0. The molecule has 1 aromatic rings. The molecule has 2 N–H and O–H groups in total. The topological polar surface area (TPSA) is 32.3 Å². The smallest absolute Gasteiger partial charge is 0.115 e. The Hall–Kier alpha value is -0.830. The van der Waals surface area contributed by atoms with Crippen LogP contribution in [0.15, 0.2) is 18.2 Å². The molecule has 0 bridgehead atoms. The lowest BCUT2D eigenvalue weighted by Gasteiger charge is -2.39. The molecule has 2 rings (SSSR count). The van der Waals surface area contributed by atoms with Crippen LogP contribution < -0.4 is 5.32 Å². The Kier molecular flexibility index (Phi) is 3.57. The Labute approximate surface area is 108 Å². The fourth-order valence-electron chi connectivity index (χ4n) is 2.17. The van der Waals surface area contributed by atoms with Crippen LogP contribution in [0.2, 0.25) is 0 Å². The van der Waals surface area contributed by atoms with Gasteiger partial charge in [-0.3, -0.25) is 0 Å². The Morgan fingerprint density at radius 3 is 2.82 bits per heavy atom. The number of nitrogens with one attached hydrogen (secondary N) is 1. The Morgan fingerprint density at radius 1 is 1.41 bits per heavy atom. The van der Waals surface area contributed by atoms with Crippen LogP contribution in [-0.4, -0.2) is 22.7 Å². The summed E-state index contributed by atoms with van der Waals surface area (Å²) in [5.41, 5.74) is 2.59. The summed E-state index contributed by atoms with van der Waals surface area (Å²) in [6, 6.07) is 6.04. The van der Waals surface area contributed by atoms with Crippen LogP contribution in [0.3, 0.4) is 0 Å². The molecule has 0 spiro atoms. The summed E-state index contributed by atoms with van der Waals surface area (Å²) in [4.78, 5) is 0. The molecular weight excluding hydrogens is 230 g/mol. The zero-order valence-electron chi connectivity index (χ0n) is 10.8. The lowest BCUT2D eigenvalue weighted by atomic mass is 9.82. The first kappa shape index (κ1) is 12.6. The quantitative estimate of drug-likeness (QED) is 0.787. The third-order valence-corrected chi connectivity index (χ3v) is 4.72. The number of thioether (sulfide) groups is 1. The van der Waals surface area contributed by atoms with Crippen molar-refractivity contribution < 1.29 is 5.11 Å². The van der Waals surface area contributed by atoms with Crippen molar-refractivity contribution in [2.24, 2.45) is 5.41 Å². The van der Waals surface area contributed by atoms with E-state index in [1.807, 2.05) is 30.8 Å². The van der Waals surface area contributed by atoms with Crippen molar-refractivity contribution >= 4 is 17.4 Å². The number of aromatic hydroxyl groups is 1. The minimum Gasteiger partial charge on any atom is -0.508 e. The van der Waals surface area contributed by atoms with E-state index in [2.05, 4.69) is 19.2 Å². The van der Waals surface area contributed by atoms with E-state index in [0.29, 0.717) is 17.2 Å². The molecule has 94 valence electrons.